The lowest BCUT2D eigenvalue weighted by Crippen LogP contribution is -2.49. The van der Waals surface area contributed by atoms with Crippen LogP contribution in [0.3, 0.4) is 0 Å². The van der Waals surface area contributed by atoms with Gasteiger partial charge in [-0.2, -0.15) is 0 Å². The first-order chi connectivity index (χ1) is 11.8. The highest BCUT2D eigenvalue weighted by Gasteiger charge is 2.35. The van der Waals surface area contributed by atoms with E-state index in [9.17, 15) is 9.59 Å². The number of rotatable bonds is 4. The molecule has 2 aliphatic heterocycles. The van der Waals surface area contributed by atoms with E-state index < -0.39 is 0 Å². The third kappa shape index (κ3) is 4.52. The monoisotopic (exact) mass is 334 g/mol. The molecule has 4 heteroatoms. The largest absolute Gasteiger partial charge is 0.343 e. The summed E-state index contributed by atoms with van der Waals surface area (Å²) in [4.78, 5) is 29.2. The van der Waals surface area contributed by atoms with Crippen molar-refractivity contribution in [1.82, 2.24) is 9.80 Å². The van der Waals surface area contributed by atoms with Gasteiger partial charge in [0.2, 0.25) is 11.8 Å². The molecule has 2 amide bonds. The molecule has 0 radical (unpaired) electrons. The number of carbonyl (C=O) groups excluding carboxylic acids is 2. The van der Waals surface area contributed by atoms with Gasteiger partial charge < -0.3 is 9.80 Å². The Bertz CT molecular complexity index is 427. The molecule has 3 fully saturated rings. The molecule has 4 nitrogen and oxygen atoms in total. The summed E-state index contributed by atoms with van der Waals surface area (Å²) in [5.41, 5.74) is 0. The molecule has 1 saturated carbocycles. The fraction of sp³-hybridized carbons (Fsp3) is 0.900. The van der Waals surface area contributed by atoms with E-state index in [4.69, 9.17) is 0 Å². The summed E-state index contributed by atoms with van der Waals surface area (Å²) in [6.45, 7) is 2.78. The van der Waals surface area contributed by atoms with E-state index in [0.717, 1.165) is 44.8 Å². The van der Waals surface area contributed by atoms with Gasteiger partial charge in [-0.1, -0.05) is 25.7 Å². The molecule has 0 N–H and O–H groups in total. The van der Waals surface area contributed by atoms with E-state index in [2.05, 4.69) is 4.90 Å². The minimum absolute atomic E-state index is 0.263. The highest BCUT2D eigenvalue weighted by molar-refractivity contribution is 5.79. The molecule has 3 aliphatic rings. The van der Waals surface area contributed by atoms with Crippen molar-refractivity contribution < 1.29 is 9.59 Å². The minimum atomic E-state index is 0.263. The fourth-order valence-corrected chi connectivity index (χ4v) is 4.95. The molecule has 24 heavy (non-hydrogen) atoms. The summed E-state index contributed by atoms with van der Waals surface area (Å²) in [6, 6.07) is 0.501. The van der Waals surface area contributed by atoms with Gasteiger partial charge in [-0.3, -0.25) is 9.59 Å². The second-order valence-electron chi connectivity index (χ2n) is 7.99. The van der Waals surface area contributed by atoms with E-state index in [-0.39, 0.29) is 5.91 Å². The zero-order valence-corrected chi connectivity index (χ0v) is 15.2. The van der Waals surface area contributed by atoms with E-state index in [1.807, 2.05) is 4.90 Å². The maximum Gasteiger partial charge on any atom is 0.222 e. The van der Waals surface area contributed by atoms with Gasteiger partial charge in [-0.15, -0.1) is 0 Å². The molecule has 2 unspecified atom stereocenters. The molecular formula is C20H34N2O2. The Hall–Kier alpha value is -1.06. The lowest BCUT2D eigenvalue weighted by atomic mass is 9.78. The van der Waals surface area contributed by atoms with Crippen LogP contribution in [0.2, 0.25) is 0 Å². The summed E-state index contributed by atoms with van der Waals surface area (Å²) in [5, 5.41) is 0. The molecule has 2 atom stereocenters. The summed E-state index contributed by atoms with van der Waals surface area (Å²) in [7, 11) is 0. The van der Waals surface area contributed by atoms with E-state index in [1.54, 1.807) is 0 Å². The molecule has 0 spiro atoms. The quantitative estimate of drug-likeness (QED) is 0.786. The Kier molecular flexibility index (Phi) is 6.56. The van der Waals surface area contributed by atoms with Gasteiger partial charge in [0, 0.05) is 38.5 Å². The maximum atomic E-state index is 12.7. The SMILES string of the molecule is O=C(CCCC(=O)N1CCCC2CCCCC21)N1CCCCCC1. The highest BCUT2D eigenvalue weighted by Crippen LogP contribution is 2.35. The number of hydrogen-bond acceptors (Lipinski definition) is 2. The average Bonchev–Trinajstić information content (AvgIpc) is 2.90. The summed E-state index contributed by atoms with van der Waals surface area (Å²) in [6.07, 6.45) is 14.2. The van der Waals surface area contributed by atoms with Crippen LogP contribution in [0.1, 0.15) is 83.5 Å². The van der Waals surface area contributed by atoms with Crippen LogP contribution >= 0.6 is 0 Å². The van der Waals surface area contributed by atoms with E-state index >= 15 is 0 Å². The summed E-state index contributed by atoms with van der Waals surface area (Å²) in [5.74, 6) is 1.31. The summed E-state index contributed by atoms with van der Waals surface area (Å²) < 4.78 is 0. The smallest absolute Gasteiger partial charge is 0.222 e. The second-order valence-corrected chi connectivity index (χ2v) is 7.99. The zero-order chi connectivity index (χ0) is 16.8. The van der Waals surface area contributed by atoms with Crippen molar-refractivity contribution in [1.29, 1.82) is 0 Å². The van der Waals surface area contributed by atoms with Gasteiger partial charge >= 0.3 is 0 Å². The number of fused-ring (bicyclic) bond motifs is 1. The second kappa shape index (κ2) is 8.87. The first-order valence-corrected chi connectivity index (χ1v) is 10.3. The molecule has 0 aromatic carbocycles. The van der Waals surface area contributed by atoms with Crippen LogP contribution in [-0.2, 0) is 9.59 Å². The van der Waals surface area contributed by atoms with Gasteiger partial charge in [-0.05, 0) is 50.9 Å². The van der Waals surface area contributed by atoms with Crippen LogP contribution in [0.25, 0.3) is 0 Å². The van der Waals surface area contributed by atoms with E-state index in [1.165, 1.54) is 51.4 Å². The van der Waals surface area contributed by atoms with Gasteiger partial charge in [-0.25, -0.2) is 0 Å². The molecule has 0 aromatic rings. The average molecular weight is 335 g/mol. The Morgan fingerprint density at radius 3 is 2.17 bits per heavy atom. The lowest BCUT2D eigenvalue weighted by molar-refractivity contribution is -0.138. The topological polar surface area (TPSA) is 40.6 Å². The van der Waals surface area contributed by atoms with Gasteiger partial charge in [0.05, 0.1) is 0 Å². The molecule has 0 bridgehead atoms. The number of amides is 2. The molecule has 0 aromatic heterocycles. The van der Waals surface area contributed by atoms with Crippen LogP contribution < -0.4 is 0 Å². The van der Waals surface area contributed by atoms with Crippen LogP contribution in [0.5, 0.6) is 0 Å². The predicted octanol–water partition coefficient (Wildman–Crippen LogP) is 3.74. The normalized spacial score (nSPS) is 28.2. The fourth-order valence-electron chi connectivity index (χ4n) is 4.95. The lowest BCUT2D eigenvalue weighted by Gasteiger charge is -2.44. The standard InChI is InChI=1S/C20H34N2O2/c23-19(21-14-5-1-2-6-15-21)12-7-13-20(24)22-16-8-10-17-9-3-4-11-18(17)22/h17-18H,1-16H2. The maximum absolute atomic E-state index is 12.7. The molecule has 2 heterocycles. The first kappa shape index (κ1) is 17.8. The summed E-state index contributed by atoms with van der Waals surface area (Å²) >= 11 is 0. The number of piperidine rings is 1. The Balaban J connectivity index is 1.42. The van der Waals surface area contributed by atoms with E-state index in [0.29, 0.717) is 24.8 Å². The van der Waals surface area contributed by atoms with Crippen molar-refractivity contribution in [2.24, 2.45) is 5.92 Å². The van der Waals surface area contributed by atoms with Crippen LogP contribution in [0.4, 0.5) is 0 Å². The zero-order valence-electron chi connectivity index (χ0n) is 15.2. The van der Waals surface area contributed by atoms with Crippen molar-refractivity contribution in [2.45, 2.75) is 89.5 Å². The Labute approximate surface area is 146 Å². The Morgan fingerprint density at radius 1 is 0.708 bits per heavy atom. The van der Waals surface area contributed by atoms with Crippen molar-refractivity contribution >= 4 is 11.8 Å². The third-order valence-corrected chi connectivity index (χ3v) is 6.30. The number of nitrogens with zero attached hydrogens (tertiary/aromatic N) is 2. The minimum Gasteiger partial charge on any atom is -0.343 e. The van der Waals surface area contributed by atoms with Crippen LogP contribution in [0, 0.1) is 5.92 Å². The molecular weight excluding hydrogens is 300 g/mol. The van der Waals surface area contributed by atoms with Crippen LogP contribution in [-0.4, -0.2) is 47.3 Å². The number of carbonyl (C=O) groups is 2. The molecule has 2 saturated heterocycles. The van der Waals surface area contributed by atoms with Crippen LogP contribution in [0.15, 0.2) is 0 Å². The van der Waals surface area contributed by atoms with Gasteiger partial charge in [0.25, 0.3) is 0 Å². The predicted molar refractivity (Wildman–Crippen MR) is 95.6 cm³/mol. The first-order valence-electron chi connectivity index (χ1n) is 10.3. The number of likely N-dealkylation sites (tertiary alicyclic amines) is 2. The molecule has 136 valence electrons. The van der Waals surface area contributed by atoms with Gasteiger partial charge in [0.1, 0.15) is 0 Å². The van der Waals surface area contributed by atoms with Crippen molar-refractivity contribution in [2.75, 3.05) is 19.6 Å². The number of hydrogen-bond donors (Lipinski definition) is 0. The van der Waals surface area contributed by atoms with Crippen molar-refractivity contribution in [3.63, 3.8) is 0 Å². The van der Waals surface area contributed by atoms with Gasteiger partial charge in [0.15, 0.2) is 0 Å². The van der Waals surface area contributed by atoms with Crippen molar-refractivity contribution in [3.8, 4) is 0 Å². The third-order valence-electron chi connectivity index (χ3n) is 6.30. The highest BCUT2D eigenvalue weighted by atomic mass is 16.2. The molecule has 3 rings (SSSR count). The van der Waals surface area contributed by atoms with Crippen molar-refractivity contribution in [3.05, 3.63) is 0 Å². The Morgan fingerprint density at radius 2 is 1.38 bits per heavy atom. The molecule has 1 aliphatic carbocycles.